The van der Waals surface area contributed by atoms with E-state index in [1.165, 1.54) is 35.1 Å². The third-order valence-electron chi connectivity index (χ3n) is 3.58. The van der Waals surface area contributed by atoms with Gasteiger partial charge in [0, 0.05) is 25.7 Å². The Morgan fingerprint density at radius 3 is 2.41 bits per heavy atom. The first-order chi connectivity index (χ1) is 8.16. The van der Waals surface area contributed by atoms with E-state index in [1.807, 2.05) is 0 Å². The van der Waals surface area contributed by atoms with E-state index < -0.39 is 0 Å². The predicted molar refractivity (Wildman–Crippen MR) is 73.4 cm³/mol. The molecule has 2 heteroatoms. The highest BCUT2D eigenvalue weighted by molar-refractivity contribution is 5.36. The van der Waals surface area contributed by atoms with Crippen molar-refractivity contribution in [2.24, 2.45) is 0 Å². The maximum Gasteiger partial charge on any atom is 0.0208 e. The van der Waals surface area contributed by atoms with Gasteiger partial charge < -0.3 is 10.6 Å². The standard InChI is InChI=1S/C15H24N2/c1-11-8-13(3)14(9-12(11)2)10-16-6-7-17-15-4-5-15/h8-9,15-17H,4-7,10H2,1-3H3. The Hall–Kier alpha value is -0.860. The van der Waals surface area contributed by atoms with E-state index >= 15 is 0 Å². The maximum atomic E-state index is 3.52. The molecule has 0 amide bonds. The lowest BCUT2D eigenvalue weighted by Gasteiger charge is -2.11. The Kier molecular flexibility index (Phi) is 4.19. The van der Waals surface area contributed by atoms with Gasteiger partial charge in [0.25, 0.3) is 0 Å². The highest BCUT2D eigenvalue weighted by Crippen LogP contribution is 2.18. The number of hydrogen-bond acceptors (Lipinski definition) is 2. The lowest BCUT2D eigenvalue weighted by molar-refractivity contribution is 0.607. The number of benzene rings is 1. The summed E-state index contributed by atoms with van der Waals surface area (Å²) >= 11 is 0. The minimum absolute atomic E-state index is 0.820. The summed E-state index contributed by atoms with van der Waals surface area (Å²) in [5.41, 5.74) is 5.61. The molecule has 1 aromatic carbocycles. The molecular formula is C15H24N2. The average molecular weight is 232 g/mol. The van der Waals surface area contributed by atoms with Crippen LogP contribution < -0.4 is 10.6 Å². The molecule has 2 N–H and O–H groups in total. The van der Waals surface area contributed by atoms with Crippen LogP contribution in [0.2, 0.25) is 0 Å². The van der Waals surface area contributed by atoms with Crippen molar-refractivity contribution in [1.29, 1.82) is 0 Å². The Morgan fingerprint density at radius 1 is 1.00 bits per heavy atom. The van der Waals surface area contributed by atoms with Crippen LogP contribution in [0.5, 0.6) is 0 Å². The molecule has 0 unspecified atom stereocenters. The third-order valence-corrected chi connectivity index (χ3v) is 3.58. The Balaban J connectivity index is 1.75. The number of aryl methyl sites for hydroxylation is 3. The SMILES string of the molecule is Cc1cc(C)c(CNCCNC2CC2)cc1C. The smallest absolute Gasteiger partial charge is 0.0208 e. The van der Waals surface area contributed by atoms with Gasteiger partial charge in [0.15, 0.2) is 0 Å². The molecule has 1 aliphatic carbocycles. The van der Waals surface area contributed by atoms with Gasteiger partial charge in [-0.3, -0.25) is 0 Å². The second-order valence-corrected chi connectivity index (χ2v) is 5.27. The lowest BCUT2D eigenvalue weighted by atomic mass is 10.0. The summed E-state index contributed by atoms with van der Waals surface area (Å²) < 4.78 is 0. The van der Waals surface area contributed by atoms with Crippen LogP contribution >= 0.6 is 0 Å². The normalized spacial score (nSPS) is 15.2. The van der Waals surface area contributed by atoms with Crippen molar-refractivity contribution in [2.45, 2.75) is 46.2 Å². The van der Waals surface area contributed by atoms with Crippen LogP contribution in [0.25, 0.3) is 0 Å². The lowest BCUT2D eigenvalue weighted by Crippen LogP contribution is -2.28. The second kappa shape index (κ2) is 5.65. The molecule has 0 saturated heterocycles. The fraction of sp³-hybridized carbons (Fsp3) is 0.600. The predicted octanol–water partition coefficient (Wildman–Crippen LogP) is 2.45. The minimum Gasteiger partial charge on any atom is -0.313 e. The number of nitrogens with one attached hydrogen (secondary N) is 2. The van der Waals surface area contributed by atoms with Gasteiger partial charge >= 0.3 is 0 Å². The van der Waals surface area contributed by atoms with Crippen molar-refractivity contribution in [2.75, 3.05) is 13.1 Å². The first-order valence-corrected chi connectivity index (χ1v) is 6.67. The Morgan fingerprint density at radius 2 is 1.71 bits per heavy atom. The molecular weight excluding hydrogens is 208 g/mol. The molecule has 1 fully saturated rings. The zero-order valence-corrected chi connectivity index (χ0v) is 11.3. The summed E-state index contributed by atoms with van der Waals surface area (Å²) in [6, 6.07) is 5.42. The molecule has 17 heavy (non-hydrogen) atoms. The molecule has 0 aliphatic heterocycles. The molecule has 0 aromatic heterocycles. The van der Waals surface area contributed by atoms with Crippen molar-refractivity contribution in [1.82, 2.24) is 10.6 Å². The number of rotatable bonds is 6. The largest absolute Gasteiger partial charge is 0.313 e. The molecule has 0 atom stereocenters. The van der Waals surface area contributed by atoms with Crippen molar-refractivity contribution in [3.8, 4) is 0 Å². The van der Waals surface area contributed by atoms with Crippen LogP contribution in [0.4, 0.5) is 0 Å². The van der Waals surface area contributed by atoms with Crippen molar-refractivity contribution < 1.29 is 0 Å². The highest BCUT2D eigenvalue weighted by atomic mass is 15.0. The summed E-state index contributed by atoms with van der Waals surface area (Å²) in [6.45, 7) is 9.70. The quantitative estimate of drug-likeness (QED) is 0.736. The monoisotopic (exact) mass is 232 g/mol. The topological polar surface area (TPSA) is 24.1 Å². The molecule has 0 heterocycles. The van der Waals surface area contributed by atoms with Gasteiger partial charge in [-0.05, 0) is 55.9 Å². The first-order valence-electron chi connectivity index (χ1n) is 6.67. The first kappa shape index (κ1) is 12.6. The van der Waals surface area contributed by atoms with Gasteiger partial charge in [-0.2, -0.15) is 0 Å². The highest BCUT2D eigenvalue weighted by Gasteiger charge is 2.19. The fourth-order valence-corrected chi connectivity index (χ4v) is 2.09. The molecule has 1 saturated carbocycles. The summed E-state index contributed by atoms with van der Waals surface area (Å²) in [7, 11) is 0. The van der Waals surface area contributed by atoms with Crippen molar-refractivity contribution >= 4 is 0 Å². The van der Waals surface area contributed by atoms with E-state index in [2.05, 4.69) is 43.5 Å². The molecule has 1 aromatic rings. The van der Waals surface area contributed by atoms with Crippen LogP contribution in [-0.4, -0.2) is 19.1 Å². The van der Waals surface area contributed by atoms with Gasteiger partial charge in [-0.1, -0.05) is 12.1 Å². The summed E-state index contributed by atoms with van der Waals surface area (Å²) in [4.78, 5) is 0. The van der Waals surface area contributed by atoms with Crippen LogP contribution in [0, 0.1) is 20.8 Å². The maximum absolute atomic E-state index is 3.52. The molecule has 0 bridgehead atoms. The van der Waals surface area contributed by atoms with Crippen LogP contribution in [-0.2, 0) is 6.54 Å². The van der Waals surface area contributed by atoms with Crippen molar-refractivity contribution in [3.05, 3.63) is 34.4 Å². The Bertz CT molecular complexity index is 381. The molecule has 2 rings (SSSR count). The van der Waals surface area contributed by atoms with E-state index in [-0.39, 0.29) is 0 Å². The summed E-state index contributed by atoms with van der Waals surface area (Å²) in [5.74, 6) is 0. The fourth-order valence-electron chi connectivity index (χ4n) is 2.09. The molecule has 0 spiro atoms. The molecule has 0 radical (unpaired) electrons. The van der Waals surface area contributed by atoms with Crippen LogP contribution in [0.3, 0.4) is 0 Å². The average Bonchev–Trinajstić information content (AvgIpc) is 3.08. The van der Waals surface area contributed by atoms with Gasteiger partial charge in [0.05, 0.1) is 0 Å². The van der Waals surface area contributed by atoms with Crippen molar-refractivity contribution in [3.63, 3.8) is 0 Å². The third kappa shape index (κ3) is 3.83. The van der Waals surface area contributed by atoms with E-state index in [9.17, 15) is 0 Å². The van der Waals surface area contributed by atoms with Gasteiger partial charge in [-0.15, -0.1) is 0 Å². The molecule has 1 aliphatic rings. The van der Waals surface area contributed by atoms with Gasteiger partial charge in [-0.25, -0.2) is 0 Å². The summed E-state index contributed by atoms with van der Waals surface area (Å²) in [6.07, 6.45) is 2.74. The van der Waals surface area contributed by atoms with E-state index in [0.717, 1.165) is 25.7 Å². The van der Waals surface area contributed by atoms with E-state index in [4.69, 9.17) is 0 Å². The van der Waals surface area contributed by atoms with Gasteiger partial charge in [0.2, 0.25) is 0 Å². The molecule has 94 valence electrons. The minimum atomic E-state index is 0.820. The zero-order valence-electron chi connectivity index (χ0n) is 11.3. The Labute approximate surface area is 105 Å². The second-order valence-electron chi connectivity index (χ2n) is 5.27. The van der Waals surface area contributed by atoms with Crippen LogP contribution in [0.15, 0.2) is 12.1 Å². The van der Waals surface area contributed by atoms with E-state index in [1.54, 1.807) is 0 Å². The number of hydrogen-bond donors (Lipinski definition) is 2. The molecule has 2 nitrogen and oxygen atoms in total. The zero-order chi connectivity index (χ0) is 12.3. The van der Waals surface area contributed by atoms with Crippen LogP contribution in [0.1, 0.15) is 35.1 Å². The summed E-state index contributed by atoms with van der Waals surface area (Å²) in [5, 5.41) is 7.03. The van der Waals surface area contributed by atoms with Gasteiger partial charge in [0.1, 0.15) is 0 Å². The van der Waals surface area contributed by atoms with E-state index in [0.29, 0.717) is 0 Å².